The van der Waals surface area contributed by atoms with Gasteiger partial charge in [0.05, 0.1) is 30.6 Å². The van der Waals surface area contributed by atoms with E-state index < -0.39 is 35.6 Å². The van der Waals surface area contributed by atoms with Gasteiger partial charge >= 0.3 is 0 Å². The Hall–Kier alpha value is -1.71. The molecule has 4 rings (SSSR count). The number of aliphatic hydroxyl groups is 1. The van der Waals surface area contributed by atoms with E-state index in [-0.39, 0.29) is 41.1 Å². The summed E-state index contributed by atoms with van der Waals surface area (Å²) in [5, 5.41) is 10.6. The summed E-state index contributed by atoms with van der Waals surface area (Å²) in [4.78, 5) is 48.5. The second-order valence-corrected chi connectivity index (χ2v) is 13.7. The summed E-state index contributed by atoms with van der Waals surface area (Å²) < 4.78 is 6.75. The number of nitrogens with zero attached hydrogens (tertiary/aromatic N) is 3. The van der Waals surface area contributed by atoms with Crippen LogP contribution >= 0.6 is 15.9 Å². The topological polar surface area (TPSA) is 90.4 Å². The third kappa shape index (κ3) is 5.42. The highest BCUT2D eigenvalue weighted by molar-refractivity contribution is 9.09. The molecule has 224 valence electrons. The van der Waals surface area contributed by atoms with Crippen molar-refractivity contribution in [2.75, 3.05) is 26.2 Å². The van der Waals surface area contributed by atoms with Crippen LogP contribution in [0.5, 0.6) is 0 Å². The molecule has 3 saturated heterocycles. The van der Waals surface area contributed by atoms with Crippen LogP contribution in [-0.2, 0) is 19.1 Å². The molecule has 40 heavy (non-hydrogen) atoms. The number of halogens is 1. The Balaban J connectivity index is 1.80. The minimum atomic E-state index is -1.13. The van der Waals surface area contributed by atoms with Crippen molar-refractivity contribution >= 4 is 33.7 Å². The molecule has 0 aromatic carbocycles. The lowest BCUT2D eigenvalue weighted by atomic mass is 9.70. The number of rotatable bonds is 13. The monoisotopic (exact) mass is 621 g/mol. The van der Waals surface area contributed by atoms with E-state index in [0.717, 1.165) is 38.5 Å². The summed E-state index contributed by atoms with van der Waals surface area (Å²) in [6.07, 6.45) is 9.90. The van der Waals surface area contributed by atoms with Crippen LogP contribution in [0.2, 0.25) is 0 Å². The minimum Gasteiger partial charge on any atom is -0.394 e. The smallest absolute Gasteiger partial charge is 0.248 e. The third-order valence-corrected chi connectivity index (χ3v) is 10.2. The van der Waals surface area contributed by atoms with Crippen molar-refractivity contribution in [3.63, 3.8) is 0 Å². The Morgan fingerprint density at radius 3 is 2.42 bits per heavy atom. The van der Waals surface area contributed by atoms with Crippen molar-refractivity contribution in [2.24, 2.45) is 17.8 Å². The van der Waals surface area contributed by atoms with Crippen molar-refractivity contribution in [2.45, 2.75) is 107 Å². The molecule has 0 aromatic heterocycles. The minimum absolute atomic E-state index is 0.0766. The lowest BCUT2D eigenvalue weighted by Gasteiger charge is -2.42. The van der Waals surface area contributed by atoms with E-state index in [9.17, 15) is 19.5 Å². The van der Waals surface area contributed by atoms with Gasteiger partial charge in [-0.15, -0.1) is 13.2 Å². The molecule has 2 bridgehead atoms. The number of fused-ring (bicyclic) bond motifs is 1. The first kappa shape index (κ1) is 31.2. The highest BCUT2D eigenvalue weighted by Gasteiger charge is 2.77. The maximum Gasteiger partial charge on any atom is 0.248 e. The number of hydrogen-bond donors (Lipinski definition) is 1. The van der Waals surface area contributed by atoms with Gasteiger partial charge in [0.15, 0.2) is 0 Å². The molecule has 0 radical (unpaired) electrons. The molecule has 9 heteroatoms. The molecule has 1 aliphatic carbocycles. The number of amides is 3. The van der Waals surface area contributed by atoms with Crippen molar-refractivity contribution in [3.05, 3.63) is 25.3 Å². The Bertz CT molecular complexity index is 969. The summed E-state index contributed by atoms with van der Waals surface area (Å²) in [6.45, 7) is 15.0. The summed E-state index contributed by atoms with van der Waals surface area (Å²) in [6, 6.07) is -1.36. The summed E-state index contributed by atoms with van der Waals surface area (Å²) in [5.41, 5.74) is -1.13. The zero-order chi connectivity index (χ0) is 29.2. The maximum atomic E-state index is 14.7. The van der Waals surface area contributed by atoms with Crippen LogP contribution in [0.15, 0.2) is 25.3 Å². The largest absolute Gasteiger partial charge is 0.394 e. The quantitative estimate of drug-likeness (QED) is 0.249. The molecule has 7 atom stereocenters. The first-order valence-corrected chi connectivity index (χ1v) is 16.1. The zero-order valence-electron chi connectivity index (χ0n) is 24.5. The van der Waals surface area contributed by atoms with Gasteiger partial charge in [0.1, 0.15) is 11.6 Å². The molecule has 3 aliphatic heterocycles. The normalized spacial score (nSPS) is 32.3. The van der Waals surface area contributed by atoms with Crippen LogP contribution in [0.1, 0.15) is 72.1 Å². The molecule has 1 saturated carbocycles. The fourth-order valence-electron chi connectivity index (χ4n) is 7.88. The average Bonchev–Trinajstić information content (AvgIpc) is 3.53. The molecule has 3 unspecified atom stereocenters. The zero-order valence-corrected chi connectivity index (χ0v) is 26.1. The number of carbonyl (C=O) groups excluding carboxylic acids is 3. The molecule has 8 nitrogen and oxygen atoms in total. The van der Waals surface area contributed by atoms with Crippen molar-refractivity contribution in [1.29, 1.82) is 0 Å². The summed E-state index contributed by atoms with van der Waals surface area (Å²) in [5.74, 6) is -1.77. The van der Waals surface area contributed by atoms with Gasteiger partial charge in [0, 0.05) is 30.5 Å². The second-order valence-electron chi connectivity index (χ2n) is 12.5. The first-order valence-electron chi connectivity index (χ1n) is 15.2. The number of hydrogen-bond acceptors (Lipinski definition) is 5. The molecule has 1 spiro atoms. The Morgan fingerprint density at radius 2 is 1.85 bits per heavy atom. The highest BCUT2D eigenvalue weighted by Crippen LogP contribution is 2.61. The Labute approximate surface area is 248 Å². The lowest BCUT2D eigenvalue weighted by molar-refractivity contribution is -0.154. The van der Waals surface area contributed by atoms with Gasteiger partial charge in [0.2, 0.25) is 17.7 Å². The summed E-state index contributed by atoms with van der Waals surface area (Å²) in [7, 11) is 0. The third-order valence-electron chi connectivity index (χ3n) is 9.37. The van der Waals surface area contributed by atoms with Crippen LogP contribution in [0.4, 0.5) is 0 Å². The number of alkyl halides is 1. The van der Waals surface area contributed by atoms with Gasteiger partial charge in [-0.1, -0.05) is 68.1 Å². The van der Waals surface area contributed by atoms with Crippen molar-refractivity contribution in [1.82, 2.24) is 14.7 Å². The number of ether oxygens (including phenoxy) is 1. The van der Waals surface area contributed by atoms with Crippen LogP contribution in [0.25, 0.3) is 0 Å². The molecule has 0 aromatic rings. The average molecular weight is 623 g/mol. The molecule has 4 fully saturated rings. The van der Waals surface area contributed by atoms with Gasteiger partial charge in [-0.05, 0) is 38.0 Å². The van der Waals surface area contributed by atoms with Crippen molar-refractivity contribution in [3.8, 4) is 0 Å². The van der Waals surface area contributed by atoms with Gasteiger partial charge in [-0.2, -0.15) is 0 Å². The van der Waals surface area contributed by atoms with E-state index in [1.807, 2.05) is 25.7 Å². The SMILES string of the molecule is C=CCN(CCC)C(=O)[C@H]1[C@H]2C(=O)N([C@@H](CO)CC(C)C)C(C(=O)N(CC=C)C3CCCCC3)C23CC(Br)[C@@H]1O3. The molecule has 1 N–H and O–H groups in total. The second kappa shape index (κ2) is 13.1. The lowest BCUT2D eigenvalue weighted by Crippen LogP contribution is -2.60. The first-order chi connectivity index (χ1) is 19.2. The fraction of sp³-hybridized carbons (Fsp3) is 0.774. The number of likely N-dealkylation sites (tertiary alicyclic amines) is 1. The number of carbonyl (C=O) groups is 3. The Kier molecular flexibility index (Phi) is 10.2. The van der Waals surface area contributed by atoms with E-state index >= 15 is 0 Å². The van der Waals surface area contributed by atoms with Crippen LogP contribution in [0.3, 0.4) is 0 Å². The molecule has 3 amide bonds. The predicted octanol–water partition coefficient (Wildman–Crippen LogP) is 3.91. The molecule has 4 aliphatic rings. The predicted molar refractivity (Wildman–Crippen MR) is 159 cm³/mol. The van der Waals surface area contributed by atoms with Crippen molar-refractivity contribution < 1.29 is 24.2 Å². The fourth-order valence-corrected chi connectivity index (χ4v) is 8.82. The maximum absolute atomic E-state index is 14.7. The van der Waals surface area contributed by atoms with E-state index in [1.54, 1.807) is 22.0 Å². The number of aliphatic hydroxyl groups excluding tert-OH is 1. The van der Waals surface area contributed by atoms with Gasteiger partial charge < -0.3 is 24.5 Å². The van der Waals surface area contributed by atoms with Gasteiger partial charge in [-0.25, -0.2) is 0 Å². The molecular formula is C31H48BrN3O5. The Morgan fingerprint density at radius 1 is 1.18 bits per heavy atom. The van der Waals surface area contributed by atoms with Crippen LogP contribution < -0.4 is 0 Å². The standard InChI is InChI=1S/C31H48BrN3O5/c1-6-14-33(15-7-2)28(37)24-25-29(38)35(22(19-36)17-20(4)5)27(31(25)18-23(32)26(24)40-31)30(39)34(16-8-3)21-12-10-9-11-13-21/h6,8,20-27,36H,1,3,7,9-19H2,2,4-5H3/t22-,23?,24+,25+,26+,27?,31?/m1/s1. The van der Waals surface area contributed by atoms with E-state index in [1.165, 1.54) is 0 Å². The molecular weight excluding hydrogens is 574 g/mol. The van der Waals surface area contributed by atoms with Crippen LogP contribution in [-0.4, -0.2) is 98.4 Å². The van der Waals surface area contributed by atoms with E-state index in [4.69, 9.17) is 4.74 Å². The van der Waals surface area contributed by atoms with Gasteiger partial charge in [-0.3, -0.25) is 14.4 Å². The van der Waals surface area contributed by atoms with E-state index in [2.05, 4.69) is 29.1 Å². The summed E-state index contributed by atoms with van der Waals surface area (Å²) >= 11 is 3.78. The highest BCUT2D eigenvalue weighted by atomic mass is 79.9. The van der Waals surface area contributed by atoms with Crippen LogP contribution in [0, 0.1) is 17.8 Å². The molecule has 3 heterocycles. The van der Waals surface area contributed by atoms with E-state index in [0.29, 0.717) is 32.5 Å². The van der Waals surface area contributed by atoms with Gasteiger partial charge in [0.25, 0.3) is 0 Å².